The minimum atomic E-state index is -3.77. The zero-order valence-corrected chi connectivity index (χ0v) is 16.7. The first-order chi connectivity index (χ1) is 12.8. The van der Waals surface area contributed by atoms with E-state index >= 15 is 0 Å². The van der Waals surface area contributed by atoms with Gasteiger partial charge in [-0.1, -0.05) is 18.5 Å². The van der Waals surface area contributed by atoms with Crippen LogP contribution in [0.4, 0.5) is 5.69 Å². The van der Waals surface area contributed by atoms with Crippen molar-refractivity contribution in [3.8, 4) is 0 Å². The molecule has 27 heavy (non-hydrogen) atoms. The molecule has 2 aliphatic rings. The van der Waals surface area contributed by atoms with Gasteiger partial charge >= 0.3 is 0 Å². The maximum atomic E-state index is 12.9. The predicted molar refractivity (Wildman–Crippen MR) is 101 cm³/mol. The van der Waals surface area contributed by atoms with E-state index in [1.807, 2.05) is 6.92 Å². The number of amides is 1. The van der Waals surface area contributed by atoms with E-state index in [4.69, 9.17) is 16.3 Å². The summed E-state index contributed by atoms with van der Waals surface area (Å²) in [4.78, 5) is 24.1. The van der Waals surface area contributed by atoms with Crippen LogP contribution in [0.2, 0.25) is 5.02 Å². The highest BCUT2D eigenvalue weighted by Crippen LogP contribution is 2.30. The molecule has 0 aromatic heterocycles. The van der Waals surface area contributed by atoms with Crippen molar-refractivity contribution in [3.63, 3.8) is 0 Å². The molecule has 7 nitrogen and oxygen atoms in total. The fourth-order valence-corrected chi connectivity index (χ4v) is 5.33. The molecular formula is C18H23ClN2O5S. The Morgan fingerprint density at radius 3 is 2.67 bits per heavy atom. The Morgan fingerprint density at radius 1 is 1.30 bits per heavy atom. The van der Waals surface area contributed by atoms with Gasteiger partial charge in [-0.05, 0) is 31.0 Å². The Labute approximate surface area is 164 Å². The second-order valence-electron chi connectivity index (χ2n) is 6.99. The van der Waals surface area contributed by atoms with Crippen molar-refractivity contribution >= 4 is 39.0 Å². The van der Waals surface area contributed by atoms with Crippen LogP contribution in [0.3, 0.4) is 0 Å². The minimum absolute atomic E-state index is 0.0314. The Hall–Kier alpha value is -1.48. The Morgan fingerprint density at radius 2 is 2.00 bits per heavy atom. The van der Waals surface area contributed by atoms with Crippen molar-refractivity contribution in [3.05, 3.63) is 23.2 Å². The molecule has 1 heterocycles. The van der Waals surface area contributed by atoms with Crippen LogP contribution in [0.1, 0.15) is 26.2 Å². The first kappa shape index (κ1) is 20.3. The molecule has 1 aromatic carbocycles. The summed E-state index contributed by atoms with van der Waals surface area (Å²) in [5, 5.41) is 2.88. The first-order valence-electron chi connectivity index (χ1n) is 9.00. The van der Waals surface area contributed by atoms with Gasteiger partial charge in [-0.3, -0.25) is 9.59 Å². The molecule has 1 aliphatic carbocycles. The molecule has 9 heteroatoms. The average molecular weight is 415 g/mol. The molecule has 2 atom stereocenters. The molecule has 1 aliphatic heterocycles. The number of hydrogen-bond acceptors (Lipinski definition) is 5. The number of anilines is 1. The highest BCUT2D eigenvalue weighted by atomic mass is 35.5. The third-order valence-corrected chi connectivity index (χ3v) is 7.46. The number of carbonyl (C=O) groups is 2. The first-order valence-corrected chi connectivity index (χ1v) is 10.8. The number of ether oxygens (including phenoxy) is 1. The molecule has 1 aromatic rings. The lowest BCUT2D eigenvalue weighted by Crippen LogP contribution is -2.40. The van der Waals surface area contributed by atoms with Crippen LogP contribution in [-0.2, 0) is 24.3 Å². The molecule has 0 unspecified atom stereocenters. The fourth-order valence-electron chi connectivity index (χ4n) is 3.43. The summed E-state index contributed by atoms with van der Waals surface area (Å²) in [5.41, 5.74) is 0.376. The van der Waals surface area contributed by atoms with Crippen LogP contribution in [0.25, 0.3) is 0 Å². The molecule has 1 saturated carbocycles. The quantitative estimate of drug-likeness (QED) is 0.816. The summed E-state index contributed by atoms with van der Waals surface area (Å²) in [7, 11) is -3.77. The van der Waals surface area contributed by atoms with Crippen LogP contribution in [0.15, 0.2) is 23.1 Å². The minimum Gasteiger partial charge on any atom is -0.379 e. The third-order valence-electron chi connectivity index (χ3n) is 5.08. The van der Waals surface area contributed by atoms with Crippen molar-refractivity contribution in [2.24, 2.45) is 11.8 Å². The molecule has 148 valence electrons. The number of nitrogens with one attached hydrogen (secondary N) is 1. The summed E-state index contributed by atoms with van der Waals surface area (Å²) >= 11 is 6.13. The molecule has 0 spiro atoms. The standard InChI is InChI=1S/C18H23ClN2O5S/c1-12-10-13(2-5-16(12)22)18(23)20-14-3-4-15(19)17(11-14)27(24,25)21-6-8-26-9-7-21/h3-4,11-13H,2,5-10H2,1H3,(H,20,23)/t12-,13-/m1/s1. The number of benzene rings is 1. The number of sulfonamides is 1. The summed E-state index contributed by atoms with van der Waals surface area (Å²) in [6.45, 7) is 3.04. The van der Waals surface area contributed by atoms with Gasteiger partial charge in [0.25, 0.3) is 0 Å². The smallest absolute Gasteiger partial charge is 0.244 e. The van der Waals surface area contributed by atoms with Crippen LogP contribution < -0.4 is 5.32 Å². The van der Waals surface area contributed by atoms with Gasteiger partial charge in [0.05, 0.1) is 18.2 Å². The SMILES string of the molecule is C[C@@H]1C[C@H](C(=O)Nc2ccc(Cl)c(S(=O)(=O)N3CCOCC3)c2)CCC1=O. The zero-order chi connectivity index (χ0) is 19.6. The zero-order valence-electron chi connectivity index (χ0n) is 15.1. The van der Waals surface area contributed by atoms with Crippen LogP contribution in [-0.4, -0.2) is 50.7 Å². The molecule has 1 saturated heterocycles. The second kappa shape index (κ2) is 8.26. The monoisotopic (exact) mass is 414 g/mol. The molecule has 2 fully saturated rings. The number of rotatable bonds is 4. The van der Waals surface area contributed by atoms with E-state index in [1.54, 1.807) is 6.07 Å². The van der Waals surface area contributed by atoms with Gasteiger partial charge in [-0.2, -0.15) is 4.31 Å². The molecule has 3 rings (SSSR count). The topological polar surface area (TPSA) is 92.8 Å². The average Bonchev–Trinajstić information content (AvgIpc) is 2.66. The Bertz CT molecular complexity index is 836. The summed E-state index contributed by atoms with van der Waals surface area (Å²) in [6.07, 6.45) is 1.43. The van der Waals surface area contributed by atoms with Gasteiger partial charge in [0.2, 0.25) is 15.9 Å². The van der Waals surface area contributed by atoms with Crippen LogP contribution in [0.5, 0.6) is 0 Å². The number of halogens is 1. The van der Waals surface area contributed by atoms with Crippen molar-refractivity contribution in [1.82, 2.24) is 4.31 Å². The van der Waals surface area contributed by atoms with Gasteiger partial charge in [-0.15, -0.1) is 0 Å². The van der Waals surface area contributed by atoms with Gasteiger partial charge < -0.3 is 10.1 Å². The highest BCUT2D eigenvalue weighted by molar-refractivity contribution is 7.89. The molecule has 0 bridgehead atoms. The maximum absolute atomic E-state index is 12.9. The van der Waals surface area contributed by atoms with E-state index in [0.717, 1.165) is 0 Å². The number of Topliss-reactive ketones (excluding diaryl/α,β-unsaturated/α-hetero) is 1. The number of morpholine rings is 1. The van der Waals surface area contributed by atoms with Crippen LogP contribution in [0, 0.1) is 11.8 Å². The van der Waals surface area contributed by atoms with Crippen molar-refractivity contribution in [1.29, 1.82) is 0 Å². The second-order valence-corrected chi connectivity index (χ2v) is 9.30. The van der Waals surface area contributed by atoms with E-state index < -0.39 is 10.0 Å². The Kier molecular flexibility index (Phi) is 6.20. The molecule has 1 N–H and O–H groups in total. The summed E-state index contributed by atoms with van der Waals surface area (Å²) < 4.78 is 32.3. The fraction of sp³-hybridized carbons (Fsp3) is 0.556. The predicted octanol–water partition coefficient (Wildman–Crippen LogP) is 2.30. The normalized spacial score (nSPS) is 24.6. The van der Waals surface area contributed by atoms with E-state index in [2.05, 4.69) is 5.32 Å². The lowest BCUT2D eigenvalue weighted by Gasteiger charge is -2.27. The summed E-state index contributed by atoms with van der Waals surface area (Å²) in [5.74, 6) is -0.402. The van der Waals surface area contributed by atoms with Gasteiger partial charge in [0.1, 0.15) is 10.7 Å². The molecule has 1 amide bonds. The van der Waals surface area contributed by atoms with Gasteiger partial charge in [0, 0.05) is 37.0 Å². The van der Waals surface area contributed by atoms with Gasteiger partial charge in [0.15, 0.2) is 0 Å². The van der Waals surface area contributed by atoms with E-state index in [0.29, 0.717) is 38.2 Å². The third kappa shape index (κ3) is 4.51. The van der Waals surface area contributed by atoms with E-state index in [9.17, 15) is 18.0 Å². The number of ketones is 1. The number of hydrogen-bond donors (Lipinski definition) is 1. The largest absolute Gasteiger partial charge is 0.379 e. The molecular weight excluding hydrogens is 392 g/mol. The number of nitrogens with zero attached hydrogens (tertiary/aromatic N) is 1. The Balaban J connectivity index is 1.77. The van der Waals surface area contributed by atoms with Crippen LogP contribution >= 0.6 is 11.6 Å². The summed E-state index contributed by atoms with van der Waals surface area (Å²) in [6, 6.07) is 4.44. The van der Waals surface area contributed by atoms with E-state index in [-0.39, 0.29) is 46.5 Å². The van der Waals surface area contributed by atoms with Crippen molar-refractivity contribution in [2.75, 3.05) is 31.6 Å². The highest BCUT2D eigenvalue weighted by Gasteiger charge is 2.31. The van der Waals surface area contributed by atoms with Gasteiger partial charge in [-0.25, -0.2) is 8.42 Å². The van der Waals surface area contributed by atoms with E-state index in [1.165, 1.54) is 16.4 Å². The maximum Gasteiger partial charge on any atom is 0.244 e. The molecule has 0 radical (unpaired) electrons. The number of carbonyl (C=O) groups excluding carboxylic acids is 2. The van der Waals surface area contributed by atoms with Crippen molar-refractivity contribution in [2.45, 2.75) is 31.1 Å². The lowest BCUT2D eigenvalue weighted by atomic mass is 9.81. The van der Waals surface area contributed by atoms with Crippen molar-refractivity contribution < 1.29 is 22.7 Å². The lowest BCUT2D eigenvalue weighted by molar-refractivity contribution is -0.128.